The van der Waals surface area contributed by atoms with Crippen molar-refractivity contribution in [1.29, 1.82) is 0 Å². The number of fused-ring (bicyclic) bond motifs is 1. The first kappa shape index (κ1) is 12.2. The molecule has 1 aliphatic heterocycles. The molecule has 0 saturated heterocycles. The Hall–Kier alpha value is -2.30. The average molecular weight is 247 g/mol. The molecule has 0 bridgehead atoms. The molecule has 5 heteroatoms. The molecule has 1 heterocycles. The highest BCUT2D eigenvalue weighted by molar-refractivity contribution is 6.03. The Kier molecular flexibility index (Phi) is 3.32. The van der Waals surface area contributed by atoms with E-state index in [0.29, 0.717) is 6.61 Å². The summed E-state index contributed by atoms with van der Waals surface area (Å²) in [6.07, 6.45) is 2.69. The average Bonchev–Trinajstić information content (AvgIpc) is 2.81. The molecule has 2 rings (SSSR count). The fourth-order valence-electron chi connectivity index (χ4n) is 1.76. The minimum atomic E-state index is -1.14. The molecule has 5 nitrogen and oxygen atoms in total. The zero-order chi connectivity index (χ0) is 13.1. The Balaban J connectivity index is 2.16. The molecule has 1 N–H and O–H groups in total. The number of carbonyl (C=O) groups is 2. The quantitative estimate of drug-likeness (QED) is 0.816. The second kappa shape index (κ2) is 4.91. The van der Waals surface area contributed by atoms with Gasteiger partial charge in [-0.05, 0) is 23.8 Å². The highest BCUT2D eigenvalue weighted by Gasteiger charge is 2.15. The van der Waals surface area contributed by atoms with Crippen molar-refractivity contribution in [2.45, 2.75) is 6.42 Å². The van der Waals surface area contributed by atoms with Crippen LogP contribution in [0.2, 0.25) is 0 Å². The molecule has 1 amide bonds. The molecule has 18 heavy (non-hydrogen) atoms. The summed E-state index contributed by atoms with van der Waals surface area (Å²) in [4.78, 5) is 23.4. The minimum absolute atomic E-state index is 0.378. The van der Waals surface area contributed by atoms with Crippen LogP contribution in [-0.4, -0.2) is 30.6 Å². The summed E-state index contributed by atoms with van der Waals surface area (Å²) in [5.41, 5.74) is 1.79. The first-order valence-corrected chi connectivity index (χ1v) is 5.52. The van der Waals surface area contributed by atoms with Crippen LogP contribution in [0.1, 0.15) is 5.56 Å². The number of carbonyl (C=O) groups excluding carboxylic acids is 1. The zero-order valence-electron chi connectivity index (χ0n) is 9.92. The van der Waals surface area contributed by atoms with Crippen molar-refractivity contribution in [3.63, 3.8) is 0 Å². The molecular formula is C13H13NO4. The number of hydrogen-bond donors (Lipinski definition) is 1. The van der Waals surface area contributed by atoms with E-state index in [-0.39, 0.29) is 5.91 Å². The van der Waals surface area contributed by atoms with Crippen LogP contribution in [0.3, 0.4) is 0 Å². The van der Waals surface area contributed by atoms with Crippen molar-refractivity contribution in [1.82, 2.24) is 0 Å². The number of amides is 1. The lowest BCUT2D eigenvalue weighted by atomic mass is 10.1. The monoisotopic (exact) mass is 247 g/mol. The number of carboxylic acids is 1. The van der Waals surface area contributed by atoms with Crippen LogP contribution < -0.4 is 9.64 Å². The smallest absolute Gasteiger partial charge is 0.328 e. The lowest BCUT2D eigenvalue weighted by Gasteiger charge is -2.15. The van der Waals surface area contributed by atoms with Gasteiger partial charge in [-0.3, -0.25) is 4.79 Å². The molecule has 0 aromatic heterocycles. The van der Waals surface area contributed by atoms with Crippen molar-refractivity contribution in [2.75, 3.05) is 18.6 Å². The summed E-state index contributed by atoms with van der Waals surface area (Å²) in [5, 5.41) is 8.47. The third-order valence-electron chi connectivity index (χ3n) is 2.76. The number of hydrogen-bond acceptors (Lipinski definition) is 3. The second-order valence-corrected chi connectivity index (χ2v) is 3.96. The van der Waals surface area contributed by atoms with Gasteiger partial charge in [0.1, 0.15) is 5.75 Å². The summed E-state index contributed by atoms with van der Waals surface area (Å²) in [6.45, 7) is 0.662. The minimum Gasteiger partial charge on any atom is -0.493 e. The van der Waals surface area contributed by atoms with Crippen LogP contribution in [0.4, 0.5) is 5.69 Å². The van der Waals surface area contributed by atoms with Gasteiger partial charge in [-0.15, -0.1) is 0 Å². The van der Waals surface area contributed by atoms with Crippen LogP contribution in [-0.2, 0) is 16.0 Å². The molecule has 1 aliphatic rings. The highest BCUT2D eigenvalue weighted by Crippen LogP contribution is 2.29. The van der Waals surface area contributed by atoms with Gasteiger partial charge in [-0.25, -0.2) is 4.79 Å². The summed E-state index contributed by atoms with van der Waals surface area (Å²) in [6, 6.07) is 5.48. The van der Waals surface area contributed by atoms with Gasteiger partial charge in [0, 0.05) is 31.3 Å². The normalized spacial score (nSPS) is 13.2. The van der Waals surface area contributed by atoms with Crippen molar-refractivity contribution in [2.24, 2.45) is 0 Å². The largest absolute Gasteiger partial charge is 0.493 e. The van der Waals surface area contributed by atoms with Crippen LogP contribution in [0, 0.1) is 0 Å². The van der Waals surface area contributed by atoms with E-state index in [1.807, 2.05) is 12.1 Å². The molecule has 0 spiro atoms. The van der Waals surface area contributed by atoms with Gasteiger partial charge in [0.15, 0.2) is 0 Å². The lowest BCUT2D eigenvalue weighted by molar-refractivity contribution is -0.131. The zero-order valence-corrected chi connectivity index (χ0v) is 9.92. The van der Waals surface area contributed by atoms with Gasteiger partial charge in [-0.2, -0.15) is 0 Å². The Labute approximate surface area is 104 Å². The summed E-state index contributed by atoms with van der Waals surface area (Å²) in [5.74, 6) is -0.670. The SMILES string of the molecule is CN(C(=O)/C=C/C(=O)O)c1ccc2c(c1)CCO2. The van der Waals surface area contributed by atoms with Crippen molar-refractivity contribution in [3.05, 3.63) is 35.9 Å². The third-order valence-corrected chi connectivity index (χ3v) is 2.76. The molecule has 0 fully saturated rings. The van der Waals surface area contributed by atoms with Crippen molar-refractivity contribution < 1.29 is 19.4 Å². The summed E-state index contributed by atoms with van der Waals surface area (Å²) < 4.78 is 5.38. The molecular weight excluding hydrogens is 234 g/mol. The van der Waals surface area contributed by atoms with Crippen molar-refractivity contribution >= 4 is 17.6 Å². The van der Waals surface area contributed by atoms with E-state index >= 15 is 0 Å². The topological polar surface area (TPSA) is 66.8 Å². The Morgan fingerprint density at radius 2 is 2.17 bits per heavy atom. The van der Waals surface area contributed by atoms with Gasteiger partial charge in [0.25, 0.3) is 5.91 Å². The van der Waals surface area contributed by atoms with E-state index in [1.165, 1.54) is 4.90 Å². The Morgan fingerprint density at radius 3 is 2.89 bits per heavy atom. The van der Waals surface area contributed by atoms with Gasteiger partial charge in [-0.1, -0.05) is 0 Å². The molecule has 94 valence electrons. The van der Waals surface area contributed by atoms with Gasteiger partial charge in [0.2, 0.25) is 0 Å². The van der Waals surface area contributed by atoms with Gasteiger partial charge >= 0.3 is 5.97 Å². The van der Waals surface area contributed by atoms with Crippen molar-refractivity contribution in [3.8, 4) is 5.75 Å². The van der Waals surface area contributed by atoms with E-state index in [1.54, 1.807) is 13.1 Å². The molecule has 0 unspecified atom stereocenters. The fourth-order valence-corrected chi connectivity index (χ4v) is 1.76. The van der Waals surface area contributed by atoms with Crippen LogP contribution in [0.25, 0.3) is 0 Å². The lowest BCUT2D eigenvalue weighted by Crippen LogP contribution is -2.24. The van der Waals surface area contributed by atoms with E-state index in [4.69, 9.17) is 9.84 Å². The number of rotatable bonds is 3. The first-order valence-electron chi connectivity index (χ1n) is 5.52. The number of ether oxygens (including phenoxy) is 1. The molecule has 0 atom stereocenters. The van der Waals surface area contributed by atoms with E-state index in [0.717, 1.165) is 35.6 Å². The van der Waals surface area contributed by atoms with Crippen LogP contribution >= 0.6 is 0 Å². The van der Waals surface area contributed by atoms with Crippen LogP contribution in [0.15, 0.2) is 30.4 Å². The fraction of sp³-hybridized carbons (Fsp3) is 0.231. The summed E-state index contributed by atoms with van der Waals surface area (Å²) in [7, 11) is 1.60. The predicted octanol–water partition coefficient (Wildman–Crippen LogP) is 1.23. The maximum absolute atomic E-state index is 11.7. The molecule has 1 aromatic rings. The Morgan fingerprint density at radius 1 is 1.39 bits per heavy atom. The Bertz CT molecular complexity index is 522. The number of likely N-dealkylation sites (N-methyl/N-ethyl adjacent to an activating group) is 1. The van der Waals surface area contributed by atoms with Crippen LogP contribution in [0.5, 0.6) is 5.75 Å². The van der Waals surface area contributed by atoms with E-state index < -0.39 is 5.97 Å². The number of anilines is 1. The standard InChI is InChI=1S/C13H13NO4/c1-14(12(15)4-5-13(16)17)10-2-3-11-9(8-10)6-7-18-11/h2-5,8H,6-7H2,1H3,(H,16,17)/b5-4+. The van der Waals surface area contributed by atoms with E-state index in [9.17, 15) is 9.59 Å². The van der Waals surface area contributed by atoms with E-state index in [2.05, 4.69) is 0 Å². The molecule has 0 radical (unpaired) electrons. The molecule has 0 aliphatic carbocycles. The predicted molar refractivity (Wildman–Crippen MR) is 65.8 cm³/mol. The maximum Gasteiger partial charge on any atom is 0.328 e. The number of nitrogens with zero attached hydrogens (tertiary/aromatic N) is 1. The third kappa shape index (κ3) is 2.51. The summed E-state index contributed by atoms with van der Waals surface area (Å²) >= 11 is 0. The number of benzene rings is 1. The number of aliphatic carboxylic acids is 1. The van der Waals surface area contributed by atoms with Gasteiger partial charge in [0.05, 0.1) is 6.61 Å². The highest BCUT2D eigenvalue weighted by atomic mass is 16.5. The van der Waals surface area contributed by atoms with Gasteiger partial charge < -0.3 is 14.7 Å². The maximum atomic E-state index is 11.7. The molecule has 0 saturated carbocycles. The molecule has 1 aromatic carbocycles. The first-order chi connectivity index (χ1) is 8.58. The second-order valence-electron chi connectivity index (χ2n) is 3.96. The number of carboxylic acid groups (broad SMARTS) is 1.